The third kappa shape index (κ3) is 6.20. The molecule has 1 aromatic carbocycles. The van der Waals surface area contributed by atoms with Crippen molar-refractivity contribution < 1.29 is 9.53 Å². The molecule has 2 atom stereocenters. The second-order valence-corrected chi connectivity index (χ2v) is 8.35. The summed E-state index contributed by atoms with van der Waals surface area (Å²) in [7, 11) is 1.67. The maximum absolute atomic E-state index is 11.9. The highest BCUT2D eigenvalue weighted by Crippen LogP contribution is 2.25. The fourth-order valence-electron chi connectivity index (χ4n) is 3.48. The molecular formula is C21H29ClN6O2. The van der Waals surface area contributed by atoms with Gasteiger partial charge in [0.05, 0.1) is 24.2 Å². The van der Waals surface area contributed by atoms with Crippen LogP contribution in [0, 0.1) is 22.7 Å². The number of halogens is 1. The number of carbonyl (C=O) groups excluding carboxylic acids is 1. The Kier molecular flexibility index (Phi) is 8.24. The van der Waals surface area contributed by atoms with E-state index < -0.39 is 5.91 Å². The van der Waals surface area contributed by atoms with E-state index in [0.717, 1.165) is 6.54 Å². The van der Waals surface area contributed by atoms with E-state index in [9.17, 15) is 10.1 Å². The van der Waals surface area contributed by atoms with Gasteiger partial charge < -0.3 is 21.1 Å². The molecule has 2 rings (SSSR count). The Morgan fingerprint density at radius 1 is 1.47 bits per heavy atom. The van der Waals surface area contributed by atoms with E-state index in [-0.39, 0.29) is 28.9 Å². The standard InChI is InChI=1S/C21H29ClN6O2/c1-21(2,13-30-3)28-9-8-18(14(10-23)12-28)26-11-17(20(25)29)19(24)27-16-6-4-15(22)5-7-16/h4-7,11,14,18,26H,8-9,12-13H2,1-3H3,(H2,24,27)(H2,25,29)/b17-11+/t14?,18-/m0/s1. The average molecular weight is 433 g/mol. The molecule has 1 unspecified atom stereocenters. The number of piperidine rings is 1. The van der Waals surface area contributed by atoms with Crippen LogP contribution in [-0.4, -0.2) is 55.0 Å². The number of rotatable bonds is 8. The largest absolute Gasteiger partial charge is 0.386 e. The van der Waals surface area contributed by atoms with E-state index in [0.29, 0.717) is 30.3 Å². The van der Waals surface area contributed by atoms with Gasteiger partial charge in [-0.25, -0.2) is 0 Å². The molecule has 1 aliphatic heterocycles. The summed E-state index contributed by atoms with van der Waals surface area (Å²) in [5, 5.41) is 24.4. The molecule has 0 bridgehead atoms. The first-order chi connectivity index (χ1) is 14.2. The van der Waals surface area contributed by atoms with Gasteiger partial charge in [-0.05, 0) is 44.5 Å². The van der Waals surface area contributed by atoms with Crippen LogP contribution in [0.25, 0.3) is 0 Å². The van der Waals surface area contributed by atoms with Crippen molar-refractivity contribution in [2.45, 2.75) is 31.8 Å². The van der Waals surface area contributed by atoms with Gasteiger partial charge in [0.25, 0.3) is 5.91 Å². The van der Waals surface area contributed by atoms with Gasteiger partial charge in [0.1, 0.15) is 5.84 Å². The molecule has 162 valence electrons. The van der Waals surface area contributed by atoms with Crippen LogP contribution in [0.2, 0.25) is 5.02 Å². The molecule has 1 saturated heterocycles. The zero-order valence-corrected chi connectivity index (χ0v) is 18.3. The summed E-state index contributed by atoms with van der Waals surface area (Å²) in [6.45, 7) is 6.13. The van der Waals surface area contributed by atoms with Gasteiger partial charge in [-0.15, -0.1) is 0 Å². The lowest BCUT2D eigenvalue weighted by atomic mass is 9.89. The van der Waals surface area contributed by atoms with E-state index in [1.807, 2.05) is 0 Å². The molecule has 1 aliphatic rings. The van der Waals surface area contributed by atoms with Gasteiger partial charge in [-0.2, -0.15) is 5.26 Å². The Bertz CT molecular complexity index is 831. The van der Waals surface area contributed by atoms with Crippen LogP contribution in [0.1, 0.15) is 20.3 Å². The number of ether oxygens (including phenoxy) is 1. The third-order valence-corrected chi connectivity index (χ3v) is 5.47. The zero-order chi connectivity index (χ0) is 22.3. The summed E-state index contributed by atoms with van der Waals surface area (Å²) in [6.07, 6.45) is 2.14. The smallest absolute Gasteiger partial charge is 0.253 e. The molecule has 0 spiro atoms. The zero-order valence-electron chi connectivity index (χ0n) is 17.5. The number of methoxy groups -OCH3 is 1. The molecule has 30 heavy (non-hydrogen) atoms. The van der Waals surface area contributed by atoms with Crippen molar-refractivity contribution in [2.75, 3.05) is 32.1 Å². The van der Waals surface area contributed by atoms with E-state index in [1.54, 1.807) is 31.4 Å². The van der Waals surface area contributed by atoms with Gasteiger partial charge in [0.2, 0.25) is 0 Å². The summed E-state index contributed by atoms with van der Waals surface area (Å²) in [5.74, 6) is -1.15. The first-order valence-electron chi connectivity index (χ1n) is 9.69. The molecule has 1 aromatic rings. The maximum Gasteiger partial charge on any atom is 0.253 e. The predicted molar refractivity (Wildman–Crippen MR) is 118 cm³/mol. The Morgan fingerprint density at radius 2 is 2.13 bits per heavy atom. The summed E-state index contributed by atoms with van der Waals surface area (Å²) in [5.41, 5.74) is 5.92. The molecule has 9 heteroatoms. The Labute approximate surface area is 182 Å². The average Bonchev–Trinajstić information content (AvgIpc) is 2.69. The molecule has 8 nitrogen and oxygen atoms in total. The number of likely N-dealkylation sites (tertiary alicyclic amines) is 1. The number of nitrogens with one attached hydrogen (secondary N) is 3. The van der Waals surface area contributed by atoms with Gasteiger partial charge in [-0.3, -0.25) is 15.1 Å². The van der Waals surface area contributed by atoms with Crippen LogP contribution < -0.4 is 16.4 Å². The summed E-state index contributed by atoms with van der Waals surface area (Å²) >= 11 is 5.87. The van der Waals surface area contributed by atoms with Gasteiger partial charge in [0.15, 0.2) is 0 Å². The first-order valence-corrected chi connectivity index (χ1v) is 10.1. The summed E-state index contributed by atoms with van der Waals surface area (Å²) in [6, 6.07) is 8.96. The fraction of sp³-hybridized carbons (Fsp3) is 0.476. The van der Waals surface area contributed by atoms with Crippen LogP contribution in [0.15, 0.2) is 36.0 Å². The second-order valence-electron chi connectivity index (χ2n) is 7.92. The van der Waals surface area contributed by atoms with E-state index in [1.165, 1.54) is 6.20 Å². The highest BCUT2D eigenvalue weighted by molar-refractivity contribution is 6.30. The quantitative estimate of drug-likeness (QED) is 0.283. The SMILES string of the molecule is COCC(C)(C)N1CC[C@H](N/C=C(\C(=N)Nc2ccc(Cl)cc2)C(N)=O)C(C#N)C1. The lowest BCUT2D eigenvalue weighted by Gasteiger charge is -2.44. The number of hydrogen-bond donors (Lipinski definition) is 4. The van der Waals surface area contributed by atoms with Gasteiger partial charge in [0, 0.05) is 48.7 Å². The fourth-order valence-corrected chi connectivity index (χ4v) is 3.60. The number of anilines is 1. The number of carbonyl (C=O) groups is 1. The van der Waals surface area contributed by atoms with Crippen molar-refractivity contribution in [2.24, 2.45) is 11.7 Å². The van der Waals surface area contributed by atoms with Crippen molar-refractivity contribution in [3.05, 3.63) is 41.1 Å². The Hall–Kier alpha value is -2.60. The minimum atomic E-state index is -0.735. The molecule has 0 saturated carbocycles. The Morgan fingerprint density at radius 3 is 2.70 bits per heavy atom. The normalized spacial score (nSPS) is 20.3. The minimum Gasteiger partial charge on any atom is -0.386 e. The van der Waals surface area contributed by atoms with Crippen molar-refractivity contribution in [1.82, 2.24) is 10.2 Å². The molecule has 1 fully saturated rings. The molecular weight excluding hydrogens is 404 g/mol. The molecule has 0 aromatic heterocycles. The maximum atomic E-state index is 11.9. The predicted octanol–water partition coefficient (Wildman–Crippen LogP) is 2.33. The molecule has 0 radical (unpaired) electrons. The monoisotopic (exact) mass is 432 g/mol. The number of nitriles is 1. The first kappa shape index (κ1) is 23.7. The molecule has 0 aliphatic carbocycles. The number of benzene rings is 1. The number of amidine groups is 1. The third-order valence-electron chi connectivity index (χ3n) is 5.22. The number of primary amides is 1. The highest BCUT2D eigenvalue weighted by Gasteiger charge is 2.36. The van der Waals surface area contributed by atoms with Crippen LogP contribution in [0.3, 0.4) is 0 Å². The van der Waals surface area contributed by atoms with E-state index in [2.05, 4.69) is 35.5 Å². The topological polar surface area (TPSA) is 127 Å². The molecule has 5 N–H and O–H groups in total. The second kappa shape index (κ2) is 10.4. The minimum absolute atomic E-state index is 0.00350. The van der Waals surface area contributed by atoms with Crippen molar-refractivity contribution in [3.63, 3.8) is 0 Å². The lowest BCUT2D eigenvalue weighted by molar-refractivity contribution is -0.114. The lowest BCUT2D eigenvalue weighted by Crippen LogP contribution is -2.56. The molecule has 1 heterocycles. The van der Waals surface area contributed by atoms with Crippen LogP contribution in [-0.2, 0) is 9.53 Å². The van der Waals surface area contributed by atoms with E-state index in [4.69, 9.17) is 27.5 Å². The number of amides is 1. The number of nitrogens with zero attached hydrogens (tertiary/aromatic N) is 2. The van der Waals surface area contributed by atoms with Crippen LogP contribution in [0.5, 0.6) is 0 Å². The van der Waals surface area contributed by atoms with Gasteiger partial charge in [-0.1, -0.05) is 11.6 Å². The van der Waals surface area contributed by atoms with Gasteiger partial charge >= 0.3 is 0 Å². The van der Waals surface area contributed by atoms with Crippen molar-refractivity contribution >= 4 is 29.0 Å². The molecule has 1 amide bonds. The van der Waals surface area contributed by atoms with Crippen LogP contribution in [0.4, 0.5) is 5.69 Å². The summed E-state index contributed by atoms with van der Waals surface area (Å²) in [4.78, 5) is 14.1. The number of hydrogen-bond acceptors (Lipinski definition) is 6. The summed E-state index contributed by atoms with van der Waals surface area (Å²) < 4.78 is 5.30. The van der Waals surface area contributed by atoms with Crippen molar-refractivity contribution in [1.29, 1.82) is 10.7 Å². The highest BCUT2D eigenvalue weighted by atomic mass is 35.5. The van der Waals surface area contributed by atoms with E-state index >= 15 is 0 Å². The van der Waals surface area contributed by atoms with Crippen molar-refractivity contribution in [3.8, 4) is 6.07 Å². The number of nitrogens with two attached hydrogens (primary N) is 1. The van der Waals surface area contributed by atoms with Crippen LogP contribution >= 0.6 is 11.6 Å². The Balaban J connectivity index is 2.06.